The number of fused-ring (bicyclic) bond motifs is 1. The summed E-state index contributed by atoms with van der Waals surface area (Å²) in [7, 11) is -2.61. The van der Waals surface area contributed by atoms with Crippen molar-refractivity contribution in [2.24, 2.45) is 5.73 Å². The van der Waals surface area contributed by atoms with Gasteiger partial charge in [-0.2, -0.15) is 0 Å². The average Bonchev–Trinajstić information content (AvgIpc) is 3.20. The Labute approximate surface area is 212 Å². The van der Waals surface area contributed by atoms with Crippen LogP contribution in [0.4, 0.5) is 9.59 Å². The molecule has 3 rings (SSSR count). The Morgan fingerprint density at radius 1 is 0.919 bits per heavy atom. The molecule has 2 N–H and O–H groups in total. The lowest BCUT2D eigenvalue weighted by Crippen LogP contribution is -2.29. The van der Waals surface area contributed by atoms with E-state index >= 15 is 0 Å². The van der Waals surface area contributed by atoms with Gasteiger partial charge < -0.3 is 29.2 Å². The summed E-state index contributed by atoms with van der Waals surface area (Å²) >= 11 is 0. The summed E-state index contributed by atoms with van der Waals surface area (Å²) < 4.78 is 39.1. The Kier molecular flexibility index (Phi) is 9.10. The standard InChI is InChI=1S/C23H25N4O9P/c1-13(2)32-21(29)34-23(35-22(30)33-14(3)4)36-37(31)16-7-5-15(6-8-16)11-27-12-25-20-18(27)10-9-17(26-20)19(24)28/h5-10,12-14,23H,11H2,1-4H3,(H-,24,28)/p+1. The number of rotatable bonds is 10. The zero-order valence-electron chi connectivity index (χ0n) is 20.5. The molecule has 1 aromatic carbocycles. The first-order valence-corrected chi connectivity index (χ1v) is 12.3. The largest absolute Gasteiger partial charge is 0.556 e. The number of hydrogen-bond acceptors (Lipinski definition) is 11. The molecule has 2 aromatic heterocycles. The first-order chi connectivity index (χ1) is 17.5. The molecule has 14 heteroatoms. The number of nitrogens with zero attached hydrogens (tertiary/aromatic N) is 3. The second-order valence-electron chi connectivity index (χ2n) is 8.16. The minimum atomic E-state index is -2.61. The number of benzene rings is 1. The summed E-state index contributed by atoms with van der Waals surface area (Å²) in [5.74, 6) is -0.643. The molecular weight excluding hydrogens is 507 g/mol. The summed E-state index contributed by atoms with van der Waals surface area (Å²) in [6.07, 6.45) is -1.80. The maximum Gasteiger partial charge on any atom is 0.556 e. The molecule has 0 spiro atoms. The van der Waals surface area contributed by atoms with Gasteiger partial charge in [0.2, 0.25) is 5.30 Å². The predicted octanol–water partition coefficient (Wildman–Crippen LogP) is 3.37. The van der Waals surface area contributed by atoms with Crippen molar-refractivity contribution in [3.05, 3.63) is 54.0 Å². The molecular formula is C23H26N4O9P+. The number of amides is 1. The molecule has 0 aliphatic heterocycles. The highest BCUT2D eigenvalue weighted by Gasteiger charge is 2.35. The van der Waals surface area contributed by atoms with Crippen LogP contribution in [0.3, 0.4) is 0 Å². The molecule has 1 amide bonds. The Bertz CT molecular complexity index is 1270. The van der Waals surface area contributed by atoms with Crippen LogP contribution in [0.1, 0.15) is 43.7 Å². The van der Waals surface area contributed by atoms with E-state index < -0.39 is 44.9 Å². The van der Waals surface area contributed by atoms with E-state index in [-0.39, 0.29) is 11.0 Å². The molecule has 1 atom stereocenters. The maximum absolute atomic E-state index is 12.8. The predicted molar refractivity (Wildman–Crippen MR) is 129 cm³/mol. The van der Waals surface area contributed by atoms with Crippen molar-refractivity contribution >= 4 is 42.7 Å². The number of pyridine rings is 1. The van der Waals surface area contributed by atoms with Crippen LogP contribution in [-0.4, -0.2) is 51.4 Å². The quantitative estimate of drug-likeness (QED) is 0.230. The van der Waals surface area contributed by atoms with Gasteiger partial charge in [-0.1, -0.05) is 16.7 Å². The lowest BCUT2D eigenvalue weighted by atomic mass is 10.2. The van der Waals surface area contributed by atoms with Crippen molar-refractivity contribution in [3.8, 4) is 0 Å². The van der Waals surface area contributed by atoms with Gasteiger partial charge in [-0.3, -0.25) is 4.79 Å². The zero-order valence-corrected chi connectivity index (χ0v) is 21.4. The highest BCUT2D eigenvalue weighted by molar-refractivity contribution is 7.48. The second-order valence-corrected chi connectivity index (χ2v) is 9.40. The fourth-order valence-corrected chi connectivity index (χ4v) is 3.69. The fraction of sp³-hybridized carbons (Fsp3) is 0.348. The highest BCUT2D eigenvalue weighted by atomic mass is 31.1. The molecule has 0 saturated carbocycles. The Hall–Kier alpha value is -4.09. The Balaban J connectivity index is 1.68. The first kappa shape index (κ1) is 27.5. The summed E-state index contributed by atoms with van der Waals surface area (Å²) in [4.78, 5) is 43.3. The van der Waals surface area contributed by atoms with Crippen molar-refractivity contribution < 1.29 is 42.4 Å². The molecule has 1 unspecified atom stereocenters. The third-order valence-electron chi connectivity index (χ3n) is 4.47. The van der Waals surface area contributed by atoms with E-state index in [4.69, 9.17) is 29.2 Å². The van der Waals surface area contributed by atoms with Gasteiger partial charge in [0.1, 0.15) is 5.69 Å². The van der Waals surface area contributed by atoms with Gasteiger partial charge in [-0.05, 0) is 62.1 Å². The van der Waals surface area contributed by atoms with Crippen molar-refractivity contribution in [1.29, 1.82) is 0 Å². The lowest BCUT2D eigenvalue weighted by Gasteiger charge is -2.15. The molecule has 0 aliphatic rings. The fourth-order valence-electron chi connectivity index (χ4n) is 2.93. The number of ether oxygens (including phenoxy) is 4. The van der Waals surface area contributed by atoms with E-state index in [0.29, 0.717) is 17.7 Å². The number of imidazole rings is 1. The van der Waals surface area contributed by atoms with Crippen LogP contribution < -0.4 is 11.0 Å². The average molecular weight is 533 g/mol. The van der Waals surface area contributed by atoms with Gasteiger partial charge >= 0.3 is 26.8 Å². The first-order valence-electron chi connectivity index (χ1n) is 11.1. The zero-order chi connectivity index (χ0) is 27.1. The Morgan fingerprint density at radius 3 is 2.05 bits per heavy atom. The summed E-state index contributed by atoms with van der Waals surface area (Å²) in [5.41, 5.74) is 7.28. The highest BCUT2D eigenvalue weighted by Crippen LogP contribution is 2.26. The van der Waals surface area contributed by atoms with Crippen LogP contribution in [-0.2, 0) is 34.6 Å². The smallest absolute Gasteiger partial charge is 0.431 e. The number of aromatic nitrogens is 3. The van der Waals surface area contributed by atoms with Crippen molar-refractivity contribution in [2.75, 3.05) is 0 Å². The van der Waals surface area contributed by atoms with E-state index in [1.165, 1.54) is 6.07 Å². The number of primary amides is 1. The molecule has 0 fully saturated rings. The number of nitrogens with two attached hydrogens (primary N) is 1. The molecule has 2 heterocycles. The maximum atomic E-state index is 12.8. The molecule has 3 aromatic rings. The minimum absolute atomic E-state index is 0.118. The van der Waals surface area contributed by atoms with Crippen LogP contribution in [0.15, 0.2) is 42.7 Å². The molecule has 0 radical (unpaired) electrons. The van der Waals surface area contributed by atoms with Crippen LogP contribution in [0, 0.1) is 0 Å². The van der Waals surface area contributed by atoms with Gasteiger partial charge in [-0.25, -0.2) is 19.6 Å². The normalized spacial score (nSPS) is 11.6. The van der Waals surface area contributed by atoms with E-state index in [1.54, 1.807) is 64.4 Å². The molecule has 0 saturated heterocycles. The number of carbonyl (C=O) groups is 3. The second kappa shape index (κ2) is 12.2. The minimum Gasteiger partial charge on any atom is -0.431 e. The van der Waals surface area contributed by atoms with Crippen LogP contribution in [0.5, 0.6) is 0 Å². The number of hydrogen-bond donors (Lipinski definition) is 1. The van der Waals surface area contributed by atoms with Gasteiger partial charge in [-0.15, -0.1) is 0 Å². The van der Waals surface area contributed by atoms with Crippen molar-refractivity contribution in [3.63, 3.8) is 0 Å². The molecule has 0 aliphatic carbocycles. The van der Waals surface area contributed by atoms with Gasteiger partial charge in [0, 0.05) is 6.54 Å². The van der Waals surface area contributed by atoms with Gasteiger partial charge in [0.25, 0.3) is 5.91 Å². The summed E-state index contributed by atoms with van der Waals surface area (Å²) in [6, 6.07) is 9.73. The molecule has 37 heavy (non-hydrogen) atoms. The number of carbonyl (C=O) groups excluding carboxylic acids is 3. The molecule has 0 bridgehead atoms. The molecule has 196 valence electrons. The van der Waals surface area contributed by atoms with Crippen LogP contribution in [0.25, 0.3) is 11.2 Å². The monoisotopic (exact) mass is 533 g/mol. The lowest BCUT2D eigenvalue weighted by molar-refractivity contribution is -0.203. The summed E-state index contributed by atoms with van der Waals surface area (Å²) in [5, 5.41) is 0.244. The van der Waals surface area contributed by atoms with Gasteiger partial charge in [0.15, 0.2) is 5.65 Å². The van der Waals surface area contributed by atoms with Crippen LogP contribution in [0.2, 0.25) is 0 Å². The SMILES string of the molecule is CC(C)OC(=O)OC(OC(=O)OC(C)C)O[P+](=O)c1ccc(Cn2cnc3nc(C(N)=O)ccc32)cc1. The van der Waals surface area contributed by atoms with E-state index in [1.807, 2.05) is 4.57 Å². The van der Waals surface area contributed by atoms with E-state index in [0.717, 1.165) is 5.56 Å². The Morgan fingerprint density at radius 2 is 1.51 bits per heavy atom. The van der Waals surface area contributed by atoms with Crippen molar-refractivity contribution in [2.45, 2.75) is 52.9 Å². The third-order valence-corrected chi connectivity index (χ3v) is 5.55. The topological polar surface area (TPSA) is 171 Å². The van der Waals surface area contributed by atoms with E-state index in [9.17, 15) is 18.9 Å². The van der Waals surface area contributed by atoms with Crippen molar-refractivity contribution in [1.82, 2.24) is 14.5 Å². The summed E-state index contributed by atoms with van der Waals surface area (Å²) in [6.45, 7) is 4.81. The van der Waals surface area contributed by atoms with Crippen LogP contribution >= 0.6 is 8.03 Å². The van der Waals surface area contributed by atoms with Gasteiger partial charge in [0.05, 0.1) is 24.1 Å². The van der Waals surface area contributed by atoms with E-state index in [2.05, 4.69) is 9.97 Å². The molecule has 13 nitrogen and oxygen atoms in total. The third kappa shape index (κ3) is 7.95.